The number of aliphatic hydroxyl groups excluding tert-OH is 1. The fourth-order valence-corrected chi connectivity index (χ4v) is 4.56. The van der Waals surface area contributed by atoms with E-state index in [-0.39, 0.29) is 17.4 Å². The molecule has 3 aromatic rings. The van der Waals surface area contributed by atoms with E-state index in [2.05, 4.69) is 20.9 Å². The molecule has 0 saturated carbocycles. The zero-order valence-electron chi connectivity index (χ0n) is 16.8. The van der Waals surface area contributed by atoms with Crippen LogP contribution in [0.15, 0.2) is 70.2 Å². The molecule has 1 fully saturated rings. The summed E-state index contributed by atoms with van der Waals surface area (Å²) in [4.78, 5) is 31.6. The molecule has 0 bridgehead atoms. The quantitative estimate of drug-likeness (QED) is 0.292. The van der Waals surface area contributed by atoms with Crippen molar-refractivity contribution < 1.29 is 19.4 Å². The second-order valence-corrected chi connectivity index (χ2v) is 9.02. The summed E-state index contributed by atoms with van der Waals surface area (Å²) in [5, 5.41) is 13.2. The fraction of sp³-hybridized carbons (Fsp3) is 0.174. The fourth-order valence-electron chi connectivity index (χ4n) is 3.48. The Hall–Kier alpha value is -2.97. The first-order valence-corrected chi connectivity index (χ1v) is 11.3. The summed E-state index contributed by atoms with van der Waals surface area (Å²) < 4.78 is 6.44. The lowest BCUT2D eigenvalue weighted by molar-refractivity contribution is -0.132. The maximum atomic E-state index is 13.0. The predicted molar refractivity (Wildman–Crippen MR) is 123 cm³/mol. The summed E-state index contributed by atoms with van der Waals surface area (Å²) >= 11 is 4.70. The Morgan fingerprint density at radius 1 is 1.19 bits per heavy atom. The van der Waals surface area contributed by atoms with Crippen molar-refractivity contribution in [2.75, 3.05) is 4.90 Å². The molecule has 0 aliphatic carbocycles. The largest absolute Gasteiger partial charge is 0.507 e. The van der Waals surface area contributed by atoms with Gasteiger partial charge >= 0.3 is 5.91 Å². The van der Waals surface area contributed by atoms with Crippen molar-refractivity contribution in [3.05, 3.63) is 81.3 Å². The molecule has 1 aromatic heterocycles. The molecule has 158 valence electrons. The smallest absolute Gasteiger partial charge is 0.301 e. The van der Waals surface area contributed by atoms with Crippen molar-refractivity contribution in [1.29, 1.82) is 0 Å². The van der Waals surface area contributed by atoms with E-state index < -0.39 is 17.7 Å². The minimum Gasteiger partial charge on any atom is -0.507 e. The number of ether oxygens (including phenoxy) is 1. The number of halogens is 1. The van der Waals surface area contributed by atoms with Gasteiger partial charge in [-0.1, -0.05) is 28.1 Å². The van der Waals surface area contributed by atoms with Crippen LogP contribution in [0.25, 0.3) is 5.76 Å². The van der Waals surface area contributed by atoms with Crippen LogP contribution in [0.3, 0.4) is 0 Å². The highest BCUT2D eigenvalue weighted by Crippen LogP contribution is 2.43. The third kappa shape index (κ3) is 4.13. The molecule has 0 radical (unpaired) electrons. The highest BCUT2D eigenvalue weighted by Gasteiger charge is 2.48. The lowest BCUT2D eigenvalue weighted by atomic mass is 9.95. The van der Waals surface area contributed by atoms with Gasteiger partial charge in [-0.3, -0.25) is 14.5 Å². The maximum absolute atomic E-state index is 13.0. The van der Waals surface area contributed by atoms with E-state index >= 15 is 0 Å². The van der Waals surface area contributed by atoms with Gasteiger partial charge in [0.1, 0.15) is 11.5 Å². The zero-order valence-corrected chi connectivity index (χ0v) is 19.2. The normalized spacial score (nSPS) is 18.1. The number of carbonyl (C=O) groups excluding carboxylic acids is 2. The van der Waals surface area contributed by atoms with E-state index in [0.717, 1.165) is 4.47 Å². The lowest BCUT2D eigenvalue weighted by Crippen LogP contribution is -2.29. The lowest BCUT2D eigenvalue weighted by Gasteiger charge is -2.23. The molecule has 1 N–H and O–H groups in total. The minimum absolute atomic E-state index is 0.0135. The minimum atomic E-state index is -0.796. The molecule has 6 nitrogen and oxygen atoms in total. The first-order valence-electron chi connectivity index (χ1n) is 9.60. The van der Waals surface area contributed by atoms with Gasteiger partial charge in [0.15, 0.2) is 5.13 Å². The summed E-state index contributed by atoms with van der Waals surface area (Å²) in [7, 11) is 0. The van der Waals surface area contributed by atoms with Gasteiger partial charge in [0, 0.05) is 21.6 Å². The second-order valence-electron chi connectivity index (χ2n) is 7.23. The van der Waals surface area contributed by atoms with Crippen LogP contribution < -0.4 is 9.64 Å². The van der Waals surface area contributed by atoms with Crippen molar-refractivity contribution >= 4 is 49.8 Å². The number of benzene rings is 2. The van der Waals surface area contributed by atoms with Crippen LogP contribution in [-0.2, 0) is 9.59 Å². The highest BCUT2D eigenvalue weighted by molar-refractivity contribution is 9.10. The van der Waals surface area contributed by atoms with Crippen LogP contribution in [0.4, 0.5) is 5.13 Å². The van der Waals surface area contributed by atoms with Crippen molar-refractivity contribution in [2.45, 2.75) is 26.0 Å². The van der Waals surface area contributed by atoms with E-state index in [4.69, 9.17) is 4.74 Å². The Morgan fingerprint density at radius 3 is 2.55 bits per heavy atom. The van der Waals surface area contributed by atoms with Gasteiger partial charge in [-0.05, 0) is 55.8 Å². The number of hydrogen-bond acceptors (Lipinski definition) is 6. The number of aliphatic hydroxyl groups is 1. The molecule has 8 heteroatoms. The first-order chi connectivity index (χ1) is 14.9. The Morgan fingerprint density at radius 2 is 1.94 bits per heavy atom. The number of amides is 1. The third-order valence-electron chi connectivity index (χ3n) is 4.73. The number of anilines is 1. The average molecular weight is 499 g/mol. The van der Waals surface area contributed by atoms with Crippen molar-refractivity contribution in [3.63, 3.8) is 0 Å². The SMILES string of the molecule is CC(C)Oc1ccc(/C(O)=C2\C(=O)C(=O)N(c3nccs3)[C@H]2c2cccc(Br)c2)cc1. The Balaban J connectivity index is 1.85. The molecule has 0 unspecified atom stereocenters. The molecule has 1 saturated heterocycles. The number of thiazole rings is 1. The Bertz CT molecular complexity index is 1160. The number of hydrogen-bond donors (Lipinski definition) is 1. The number of ketones is 1. The molecule has 1 aliphatic heterocycles. The van der Waals surface area contributed by atoms with E-state index in [1.807, 2.05) is 38.1 Å². The van der Waals surface area contributed by atoms with Gasteiger partial charge in [0.25, 0.3) is 5.78 Å². The molecule has 1 aliphatic rings. The zero-order chi connectivity index (χ0) is 22.1. The number of nitrogens with zero attached hydrogens (tertiary/aromatic N) is 2. The van der Waals surface area contributed by atoms with Crippen LogP contribution in [0.1, 0.15) is 31.0 Å². The highest BCUT2D eigenvalue weighted by atomic mass is 79.9. The van der Waals surface area contributed by atoms with Gasteiger partial charge in [0.05, 0.1) is 17.7 Å². The van der Waals surface area contributed by atoms with E-state index in [0.29, 0.717) is 22.0 Å². The van der Waals surface area contributed by atoms with Gasteiger partial charge in [-0.25, -0.2) is 4.98 Å². The van der Waals surface area contributed by atoms with E-state index in [1.54, 1.807) is 35.8 Å². The predicted octanol–water partition coefficient (Wildman–Crippen LogP) is 5.32. The standard InChI is InChI=1S/C23H19BrN2O4S/c1-13(2)30-17-8-6-14(7-9-17)20(27)18-19(15-4-3-5-16(24)12-15)26(22(29)21(18)28)23-25-10-11-31-23/h3-13,19,27H,1-2H3/b20-18+/t19-/m0/s1. The van der Waals surface area contributed by atoms with Crippen LogP contribution >= 0.6 is 27.3 Å². The molecule has 2 heterocycles. The molecular formula is C23H19BrN2O4S. The van der Waals surface area contributed by atoms with Crippen molar-refractivity contribution in [3.8, 4) is 5.75 Å². The molecule has 2 aromatic carbocycles. The summed E-state index contributed by atoms with van der Waals surface area (Å²) in [5.74, 6) is -1.06. The molecule has 0 spiro atoms. The third-order valence-corrected chi connectivity index (χ3v) is 6.00. The first kappa shape index (κ1) is 21.3. The average Bonchev–Trinajstić information content (AvgIpc) is 3.35. The summed E-state index contributed by atoms with van der Waals surface area (Å²) in [6, 6.07) is 13.3. The molecule has 1 atom stereocenters. The molecular weight excluding hydrogens is 480 g/mol. The number of aromatic nitrogens is 1. The topological polar surface area (TPSA) is 79.7 Å². The summed E-state index contributed by atoms with van der Waals surface area (Å²) in [6.45, 7) is 3.85. The van der Waals surface area contributed by atoms with Crippen LogP contribution in [0.5, 0.6) is 5.75 Å². The van der Waals surface area contributed by atoms with Gasteiger partial charge in [-0.15, -0.1) is 11.3 Å². The maximum Gasteiger partial charge on any atom is 0.301 e. The molecule has 31 heavy (non-hydrogen) atoms. The van der Waals surface area contributed by atoms with Crippen LogP contribution in [0.2, 0.25) is 0 Å². The summed E-state index contributed by atoms with van der Waals surface area (Å²) in [6.07, 6.45) is 1.59. The van der Waals surface area contributed by atoms with Crippen molar-refractivity contribution in [2.24, 2.45) is 0 Å². The van der Waals surface area contributed by atoms with Gasteiger partial charge in [-0.2, -0.15) is 0 Å². The number of rotatable bonds is 5. The second kappa shape index (κ2) is 8.64. The Labute approximate surface area is 191 Å². The summed E-state index contributed by atoms with van der Waals surface area (Å²) in [5.41, 5.74) is 1.13. The van der Waals surface area contributed by atoms with Crippen LogP contribution in [-0.4, -0.2) is 27.9 Å². The van der Waals surface area contributed by atoms with Gasteiger partial charge in [0.2, 0.25) is 0 Å². The van der Waals surface area contributed by atoms with Crippen LogP contribution in [0, 0.1) is 0 Å². The van der Waals surface area contributed by atoms with Crippen molar-refractivity contribution in [1.82, 2.24) is 4.98 Å². The Kier molecular flexibility index (Phi) is 5.93. The molecule has 4 rings (SSSR count). The van der Waals surface area contributed by atoms with E-state index in [9.17, 15) is 14.7 Å². The number of Topliss-reactive ketones (excluding diaryl/α,β-unsaturated/α-hetero) is 1. The van der Waals surface area contributed by atoms with E-state index in [1.165, 1.54) is 16.2 Å². The number of carbonyl (C=O) groups is 2. The molecule has 1 amide bonds. The monoisotopic (exact) mass is 498 g/mol. The van der Waals surface area contributed by atoms with Gasteiger partial charge < -0.3 is 9.84 Å².